The van der Waals surface area contributed by atoms with Crippen LogP contribution in [0.2, 0.25) is 0 Å². The van der Waals surface area contributed by atoms with Gasteiger partial charge in [-0.25, -0.2) is 0 Å². The average Bonchev–Trinajstić information content (AvgIpc) is 2.99. The minimum Gasteiger partial charge on any atom is -0.493 e. The number of methoxy groups -OCH3 is 1. The first-order chi connectivity index (χ1) is 21.9. The van der Waals surface area contributed by atoms with Crippen molar-refractivity contribution in [1.29, 1.82) is 0 Å². The summed E-state index contributed by atoms with van der Waals surface area (Å²) in [7, 11) is 1.64. The molecular formula is C39H41BrINO4. The number of ether oxygens (including phenoxy) is 2. The second kappa shape index (κ2) is 12.9. The Morgan fingerprint density at radius 1 is 0.826 bits per heavy atom. The van der Waals surface area contributed by atoms with Crippen molar-refractivity contribution in [2.45, 2.75) is 72.3 Å². The Morgan fingerprint density at radius 2 is 1.41 bits per heavy atom. The van der Waals surface area contributed by atoms with Gasteiger partial charge in [0.05, 0.1) is 10.7 Å². The summed E-state index contributed by atoms with van der Waals surface area (Å²) in [6, 6.07) is 22.6. The van der Waals surface area contributed by atoms with E-state index < -0.39 is 5.92 Å². The summed E-state index contributed by atoms with van der Waals surface area (Å²) in [5, 5.41) is 0. The maximum atomic E-state index is 14.3. The van der Waals surface area contributed by atoms with Gasteiger partial charge in [0.25, 0.3) is 0 Å². The summed E-state index contributed by atoms with van der Waals surface area (Å²) in [5.41, 5.74) is 6.57. The van der Waals surface area contributed by atoms with Gasteiger partial charge in [0.1, 0.15) is 6.61 Å². The van der Waals surface area contributed by atoms with E-state index in [2.05, 4.69) is 101 Å². The molecule has 0 radical (unpaired) electrons. The van der Waals surface area contributed by atoms with Crippen LogP contribution in [0.5, 0.6) is 11.5 Å². The number of carbonyl (C=O) groups excluding carboxylic acids is 2. The van der Waals surface area contributed by atoms with Gasteiger partial charge in [0, 0.05) is 52.3 Å². The van der Waals surface area contributed by atoms with Crippen molar-refractivity contribution in [3.63, 3.8) is 0 Å². The molecule has 5 nitrogen and oxygen atoms in total. The van der Waals surface area contributed by atoms with Gasteiger partial charge in [-0.1, -0.05) is 86.1 Å². The maximum Gasteiger partial charge on any atom is 0.174 e. The maximum absolute atomic E-state index is 14.3. The van der Waals surface area contributed by atoms with E-state index in [1.165, 1.54) is 5.56 Å². The first kappa shape index (κ1) is 33.0. The smallest absolute Gasteiger partial charge is 0.174 e. The monoisotopic (exact) mass is 793 g/mol. The second-order valence-corrected chi connectivity index (χ2v) is 16.4. The van der Waals surface area contributed by atoms with E-state index >= 15 is 0 Å². The Balaban J connectivity index is 1.47. The predicted molar refractivity (Wildman–Crippen MR) is 194 cm³/mol. The van der Waals surface area contributed by atoms with Crippen LogP contribution in [0.3, 0.4) is 0 Å². The van der Waals surface area contributed by atoms with Crippen LogP contribution in [0, 0.1) is 14.4 Å². The highest BCUT2D eigenvalue weighted by molar-refractivity contribution is 14.1. The first-order valence-corrected chi connectivity index (χ1v) is 17.8. The largest absolute Gasteiger partial charge is 0.493 e. The SMILES string of the molecule is COc1cc(C2C3=C(CC(C)(C)CC3=O)N(CCc3ccccc3)C3=C2C(=O)CC(C)(C)C3)cc(I)c1OCc1ccc(Br)cc1. The highest BCUT2D eigenvalue weighted by Crippen LogP contribution is 2.55. The Kier molecular flexibility index (Phi) is 9.29. The molecule has 46 heavy (non-hydrogen) atoms. The number of ketones is 2. The van der Waals surface area contributed by atoms with Crippen LogP contribution in [0.25, 0.3) is 0 Å². The topological polar surface area (TPSA) is 55.8 Å². The Hall–Kier alpha value is -2.91. The van der Waals surface area contributed by atoms with Crippen molar-refractivity contribution in [3.05, 3.63) is 114 Å². The third-order valence-corrected chi connectivity index (χ3v) is 10.7. The number of hydrogen-bond acceptors (Lipinski definition) is 5. The summed E-state index contributed by atoms with van der Waals surface area (Å²) >= 11 is 5.79. The van der Waals surface area contributed by atoms with E-state index in [-0.39, 0.29) is 22.4 Å². The highest BCUT2D eigenvalue weighted by Gasteiger charge is 2.49. The molecule has 3 aromatic carbocycles. The molecule has 0 fully saturated rings. The van der Waals surface area contributed by atoms with Gasteiger partial charge in [-0.15, -0.1) is 0 Å². The normalized spacial score (nSPS) is 19.2. The summed E-state index contributed by atoms with van der Waals surface area (Å²) in [6.07, 6.45) is 3.32. The van der Waals surface area contributed by atoms with Crippen molar-refractivity contribution < 1.29 is 19.1 Å². The van der Waals surface area contributed by atoms with Crippen molar-refractivity contribution >= 4 is 50.1 Å². The van der Waals surface area contributed by atoms with E-state index in [1.54, 1.807) is 7.11 Å². The molecule has 6 rings (SSSR count). The second-order valence-electron chi connectivity index (χ2n) is 14.4. The molecule has 0 amide bonds. The zero-order valence-electron chi connectivity index (χ0n) is 27.2. The van der Waals surface area contributed by atoms with Crippen LogP contribution in [0.4, 0.5) is 0 Å². The molecule has 1 heterocycles. The molecule has 0 aromatic heterocycles. The van der Waals surface area contributed by atoms with Gasteiger partial charge in [-0.3, -0.25) is 9.59 Å². The van der Waals surface area contributed by atoms with E-state index in [0.717, 1.165) is 67.5 Å². The number of halogens is 2. The first-order valence-electron chi connectivity index (χ1n) is 15.9. The molecule has 0 unspecified atom stereocenters. The summed E-state index contributed by atoms with van der Waals surface area (Å²) in [4.78, 5) is 30.9. The van der Waals surface area contributed by atoms with Crippen LogP contribution in [0.15, 0.2) is 93.7 Å². The van der Waals surface area contributed by atoms with Crippen LogP contribution in [-0.2, 0) is 22.6 Å². The molecule has 0 bridgehead atoms. The van der Waals surface area contributed by atoms with E-state index in [9.17, 15) is 9.59 Å². The van der Waals surface area contributed by atoms with E-state index in [4.69, 9.17) is 9.47 Å². The quantitative estimate of drug-likeness (QED) is 0.213. The van der Waals surface area contributed by atoms with Crippen molar-refractivity contribution in [2.24, 2.45) is 10.8 Å². The van der Waals surface area contributed by atoms with Gasteiger partial charge >= 0.3 is 0 Å². The van der Waals surface area contributed by atoms with Gasteiger partial charge < -0.3 is 14.4 Å². The molecule has 2 aliphatic carbocycles. The lowest BCUT2D eigenvalue weighted by Gasteiger charge is -2.49. The third kappa shape index (κ3) is 6.73. The van der Waals surface area contributed by atoms with Crippen molar-refractivity contribution in [2.75, 3.05) is 13.7 Å². The van der Waals surface area contributed by atoms with Gasteiger partial charge in [0.15, 0.2) is 23.1 Å². The standard InChI is InChI=1S/C39H41BrINO4/c1-38(2)19-29-35(31(43)21-38)34(26-17-28(41)37(33(18-26)45-5)46-23-25-11-13-27(40)14-12-25)36-30(20-39(3,4)22-32(36)44)42(29)16-15-24-9-7-6-8-10-24/h6-14,17-18,34H,15-16,19-23H2,1-5H3. The molecule has 0 spiro atoms. The average molecular weight is 795 g/mol. The number of benzene rings is 3. The highest BCUT2D eigenvalue weighted by atomic mass is 127. The number of nitrogens with zero attached hydrogens (tertiary/aromatic N) is 1. The Bertz CT molecular complexity index is 1690. The third-order valence-electron chi connectivity index (χ3n) is 9.37. The van der Waals surface area contributed by atoms with Gasteiger partial charge in [-0.2, -0.15) is 0 Å². The molecule has 0 atom stereocenters. The minimum atomic E-state index is -0.437. The lowest BCUT2D eigenvalue weighted by atomic mass is 9.63. The van der Waals surface area contributed by atoms with Crippen LogP contribution in [-0.4, -0.2) is 30.1 Å². The zero-order chi connectivity index (χ0) is 32.8. The van der Waals surface area contributed by atoms with E-state index in [1.807, 2.05) is 36.4 Å². The lowest BCUT2D eigenvalue weighted by molar-refractivity contribution is -0.119. The summed E-state index contributed by atoms with van der Waals surface area (Å²) in [5.74, 6) is 1.09. The summed E-state index contributed by atoms with van der Waals surface area (Å²) < 4.78 is 14.1. The molecular weight excluding hydrogens is 753 g/mol. The molecule has 240 valence electrons. The molecule has 0 saturated carbocycles. The van der Waals surface area contributed by atoms with Crippen LogP contribution >= 0.6 is 38.5 Å². The number of carbonyl (C=O) groups is 2. The minimum absolute atomic E-state index is 0.134. The molecule has 1 aliphatic heterocycles. The fraction of sp³-hybridized carbons (Fsp3) is 0.385. The van der Waals surface area contributed by atoms with E-state index in [0.29, 0.717) is 30.9 Å². The molecule has 3 aromatic rings. The fourth-order valence-corrected chi connectivity index (χ4v) is 8.36. The number of rotatable bonds is 8. The van der Waals surface area contributed by atoms with Crippen LogP contribution < -0.4 is 9.47 Å². The molecule has 7 heteroatoms. The van der Waals surface area contributed by atoms with Crippen LogP contribution in [0.1, 0.15) is 76.0 Å². The lowest BCUT2D eigenvalue weighted by Crippen LogP contribution is -2.45. The predicted octanol–water partition coefficient (Wildman–Crippen LogP) is 9.57. The van der Waals surface area contributed by atoms with Crippen molar-refractivity contribution in [3.8, 4) is 11.5 Å². The molecule has 0 N–H and O–H groups in total. The Morgan fingerprint density at radius 3 is 1.98 bits per heavy atom. The number of Topliss-reactive ketones (excluding diaryl/α,β-unsaturated/α-hetero) is 2. The van der Waals surface area contributed by atoms with Gasteiger partial charge in [0.2, 0.25) is 0 Å². The summed E-state index contributed by atoms with van der Waals surface area (Å²) in [6.45, 7) is 9.85. The molecule has 0 saturated heterocycles. The number of allylic oxidation sites excluding steroid dienone is 4. The number of hydrogen-bond donors (Lipinski definition) is 0. The van der Waals surface area contributed by atoms with Gasteiger partial charge in [-0.05, 0) is 93.6 Å². The fourth-order valence-electron chi connectivity index (χ4n) is 7.32. The zero-order valence-corrected chi connectivity index (χ0v) is 31.0. The van der Waals surface area contributed by atoms with Crippen molar-refractivity contribution in [1.82, 2.24) is 4.90 Å². The Labute approximate surface area is 294 Å². The molecule has 3 aliphatic rings.